The van der Waals surface area contributed by atoms with Crippen molar-refractivity contribution in [3.63, 3.8) is 0 Å². The minimum atomic E-state index is -0.246. The standard InChI is InChI=1S/C21H21ClN4O/c1-14(2)17-8-4-6-10-19(17)26-21-24-12-16(13-25-21)20(27)23-11-15-7-3-5-9-18(15)22/h3-10,12-14H,11H2,1-2H3,(H,23,27)(H,24,25,26). The van der Waals surface area contributed by atoms with Crippen molar-refractivity contribution in [1.82, 2.24) is 15.3 Å². The van der Waals surface area contributed by atoms with E-state index in [-0.39, 0.29) is 5.91 Å². The van der Waals surface area contributed by atoms with Crippen LogP contribution in [-0.4, -0.2) is 15.9 Å². The van der Waals surface area contributed by atoms with E-state index in [1.807, 2.05) is 36.4 Å². The molecule has 138 valence electrons. The fourth-order valence-corrected chi connectivity index (χ4v) is 2.87. The van der Waals surface area contributed by atoms with Gasteiger partial charge in [0.25, 0.3) is 5.91 Å². The summed E-state index contributed by atoms with van der Waals surface area (Å²) >= 11 is 6.10. The van der Waals surface area contributed by atoms with Gasteiger partial charge in [0.05, 0.1) is 5.56 Å². The van der Waals surface area contributed by atoms with E-state index in [4.69, 9.17) is 11.6 Å². The first-order chi connectivity index (χ1) is 13.0. The molecule has 0 unspecified atom stereocenters. The number of carbonyl (C=O) groups excluding carboxylic acids is 1. The molecule has 2 aromatic carbocycles. The Kier molecular flexibility index (Phi) is 6.04. The smallest absolute Gasteiger partial charge is 0.254 e. The van der Waals surface area contributed by atoms with Crippen molar-refractivity contribution in [3.8, 4) is 0 Å². The molecular weight excluding hydrogens is 360 g/mol. The Morgan fingerprint density at radius 1 is 1.04 bits per heavy atom. The molecule has 0 fully saturated rings. The van der Waals surface area contributed by atoms with Crippen molar-refractivity contribution in [1.29, 1.82) is 0 Å². The number of anilines is 2. The predicted octanol–water partition coefficient (Wildman–Crippen LogP) is 4.93. The average molecular weight is 381 g/mol. The topological polar surface area (TPSA) is 66.9 Å². The van der Waals surface area contributed by atoms with Gasteiger partial charge < -0.3 is 10.6 Å². The molecule has 3 aromatic rings. The van der Waals surface area contributed by atoms with Gasteiger partial charge in [-0.25, -0.2) is 9.97 Å². The zero-order valence-electron chi connectivity index (χ0n) is 15.2. The summed E-state index contributed by atoms with van der Waals surface area (Å²) in [7, 11) is 0. The summed E-state index contributed by atoms with van der Waals surface area (Å²) in [6.45, 7) is 4.61. The highest BCUT2D eigenvalue weighted by molar-refractivity contribution is 6.31. The van der Waals surface area contributed by atoms with Gasteiger partial charge in [0.15, 0.2) is 0 Å². The van der Waals surface area contributed by atoms with Gasteiger partial charge in [-0.05, 0) is 29.2 Å². The third-order valence-corrected chi connectivity index (χ3v) is 4.51. The Hall–Kier alpha value is -2.92. The Morgan fingerprint density at radius 3 is 2.41 bits per heavy atom. The highest BCUT2D eigenvalue weighted by atomic mass is 35.5. The number of aromatic nitrogens is 2. The molecular formula is C21H21ClN4O. The zero-order valence-corrected chi connectivity index (χ0v) is 16.0. The van der Waals surface area contributed by atoms with Gasteiger partial charge in [0.1, 0.15) is 0 Å². The number of nitrogens with zero attached hydrogens (tertiary/aromatic N) is 2. The third-order valence-electron chi connectivity index (χ3n) is 4.14. The summed E-state index contributed by atoms with van der Waals surface area (Å²) in [5.41, 5.74) is 3.40. The van der Waals surface area contributed by atoms with E-state index in [2.05, 4.69) is 40.5 Å². The summed E-state index contributed by atoms with van der Waals surface area (Å²) in [6.07, 6.45) is 3.02. The van der Waals surface area contributed by atoms with Gasteiger partial charge in [-0.2, -0.15) is 0 Å². The predicted molar refractivity (Wildman–Crippen MR) is 108 cm³/mol. The first kappa shape index (κ1) is 18.9. The quantitative estimate of drug-likeness (QED) is 0.636. The molecule has 0 aliphatic rings. The Balaban J connectivity index is 1.65. The van der Waals surface area contributed by atoms with E-state index in [9.17, 15) is 4.79 Å². The third kappa shape index (κ3) is 4.83. The molecule has 3 rings (SSSR count). The Bertz CT molecular complexity index is 925. The summed E-state index contributed by atoms with van der Waals surface area (Å²) in [6, 6.07) is 15.4. The van der Waals surface area contributed by atoms with Gasteiger partial charge in [-0.15, -0.1) is 0 Å². The highest BCUT2D eigenvalue weighted by Crippen LogP contribution is 2.25. The second kappa shape index (κ2) is 8.64. The fraction of sp³-hybridized carbons (Fsp3) is 0.190. The lowest BCUT2D eigenvalue weighted by Crippen LogP contribution is -2.23. The minimum Gasteiger partial charge on any atom is -0.348 e. The summed E-state index contributed by atoms with van der Waals surface area (Å²) in [5, 5.41) is 6.66. The number of benzene rings is 2. The molecule has 1 heterocycles. The molecule has 1 amide bonds. The molecule has 0 aliphatic carbocycles. The van der Waals surface area contributed by atoms with E-state index >= 15 is 0 Å². The molecule has 5 nitrogen and oxygen atoms in total. The van der Waals surface area contributed by atoms with Gasteiger partial charge in [0.2, 0.25) is 5.95 Å². The molecule has 27 heavy (non-hydrogen) atoms. The van der Waals surface area contributed by atoms with Crippen LogP contribution in [0.3, 0.4) is 0 Å². The van der Waals surface area contributed by atoms with Crippen LogP contribution in [-0.2, 0) is 6.54 Å². The van der Waals surface area contributed by atoms with Crippen LogP contribution in [0.25, 0.3) is 0 Å². The van der Waals surface area contributed by atoms with Crippen LogP contribution in [0.2, 0.25) is 5.02 Å². The molecule has 1 aromatic heterocycles. The molecule has 6 heteroatoms. The normalized spacial score (nSPS) is 10.7. The molecule has 0 saturated heterocycles. The second-order valence-corrected chi connectivity index (χ2v) is 6.84. The summed E-state index contributed by atoms with van der Waals surface area (Å²) in [4.78, 5) is 20.8. The lowest BCUT2D eigenvalue weighted by atomic mass is 10.0. The maximum absolute atomic E-state index is 12.3. The van der Waals surface area contributed by atoms with Gasteiger partial charge >= 0.3 is 0 Å². The van der Waals surface area contributed by atoms with Crippen molar-refractivity contribution < 1.29 is 4.79 Å². The number of para-hydroxylation sites is 1. The van der Waals surface area contributed by atoms with Crippen molar-refractivity contribution in [2.24, 2.45) is 0 Å². The summed E-state index contributed by atoms with van der Waals surface area (Å²) in [5.74, 6) is 0.582. The molecule has 0 bridgehead atoms. The number of rotatable bonds is 6. The zero-order chi connectivity index (χ0) is 19.2. The highest BCUT2D eigenvalue weighted by Gasteiger charge is 2.10. The van der Waals surface area contributed by atoms with E-state index in [0.717, 1.165) is 11.3 Å². The molecule has 0 spiro atoms. The summed E-state index contributed by atoms with van der Waals surface area (Å²) < 4.78 is 0. The Labute approximate surface area is 163 Å². The number of nitrogens with one attached hydrogen (secondary N) is 2. The van der Waals surface area contributed by atoms with Crippen LogP contribution in [0.4, 0.5) is 11.6 Å². The molecule has 0 atom stereocenters. The first-order valence-electron chi connectivity index (χ1n) is 8.74. The van der Waals surface area contributed by atoms with Crippen LogP contribution < -0.4 is 10.6 Å². The SMILES string of the molecule is CC(C)c1ccccc1Nc1ncc(C(=O)NCc2ccccc2Cl)cn1. The van der Waals surface area contributed by atoms with E-state index < -0.39 is 0 Å². The van der Waals surface area contributed by atoms with E-state index in [1.54, 1.807) is 6.07 Å². The maximum atomic E-state index is 12.3. The van der Waals surface area contributed by atoms with Crippen molar-refractivity contribution >= 4 is 29.1 Å². The lowest BCUT2D eigenvalue weighted by molar-refractivity contribution is 0.0950. The van der Waals surface area contributed by atoms with Crippen LogP contribution >= 0.6 is 11.6 Å². The largest absolute Gasteiger partial charge is 0.348 e. The van der Waals surface area contributed by atoms with Crippen LogP contribution in [0.5, 0.6) is 0 Å². The van der Waals surface area contributed by atoms with Crippen molar-refractivity contribution in [2.45, 2.75) is 26.3 Å². The molecule has 0 radical (unpaired) electrons. The second-order valence-electron chi connectivity index (χ2n) is 6.44. The van der Waals surface area contributed by atoms with E-state index in [0.29, 0.717) is 29.0 Å². The fourth-order valence-electron chi connectivity index (χ4n) is 2.66. The number of hydrogen-bond donors (Lipinski definition) is 2. The first-order valence-corrected chi connectivity index (χ1v) is 9.12. The molecule has 2 N–H and O–H groups in total. The van der Waals surface area contributed by atoms with Crippen LogP contribution in [0.1, 0.15) is 41.3 Å². The van der Waals surface area contributed by atoms with Gasteiger partial charge in [0, 0.05) is 29.6 Å². The van der Waals surface area contributed by atoms with Crippen molar-refractivity contribution in [3.05, 3.63) is 82.6 Å². The molecule has 0 aliphatic heterocycles. The van der Waals surface area contributed by atoms with Gasteiger partial charge in [-0.1, -0.05) is 61.8 Å². The van der Waals surface area contributed by atoms with Gasteiger partial charge in [-0.3, -0.25) is 4.79 Å². The van der Waals surface area contributed by atoms with Crippen LogP contribution in [0, 0.1) is 0 Å². The minimum absolute atomic E-state index is 0.246. The monoisotopic (exact) mass is 380 g/mol. The molecule has 0 saturated carbocycles. The van der Waals surface area contributed by atoms with Crippen LogP contribution in [0.15, 0.2) is 60.9 Å². The number of amides is 1. The number of hydrogen-bond acceptors (Lipinski definition) is 4. The van der Waals surface area contributed by atoms with Crippen molar-refractivity contribution in [2.75, 3.05) is 5.32 Å². The average Bonchev–Trinajstić information content (AvgIpc) is 2.68. The maximum Gasteiger partial charge on any atom is 0.254 e. The number of carbonyl (C=O) groups is 1. The Morgan fingerprint density at radius 2 is 1.70 bits per heavy atom. The lowest BCUT2D eigenvalue weighted by Gasteiger charge is -2.13. The van der Waals surface area contributed by atoms with E-state index in [1.165, 1.54) is 18.0 Å². The number of halogens is 1.